The standard InChI is InChI=1S/C9H11NO/c1-10-6-9(11)7-4-2-3-5-8(7)10/h2-5,9,11H,6H2,1H3. The summed E-state index contributed by atoms with van der Waals surface area (Å²) in [6, 6.07) is 7.96. The second-order valence-electron chi connectivity index (χ2n) is 2.96. The van der Waals surface area contributed by atoms with E-state index in [1.54, 1.807) is 0 Å². The van der Waals surface area contributed by atoms with Gasteiger partial charge in [-0.25, -0.2) is 0 Å². The molecule has 0 saturated carbocycles. The molecular formula is C9H11NO. The minimum atomic E-state index is -0.295. The van der Waals surface area contributed by atoms with E-state index in [0.29, 0.717) is 0 Å². The number of para-hydroxylation sites is 1. The summed E-state index contributed by atoms with van der Waals surface area (Å²) in [6.45, 7) is 0.722. The van der Waals surface area contributed by atoms with E-state index >= 15 is 0 Å². The summed E-state index contributed by atoms with van der Waals surface area (Å²) in [6.07, 6.45) is -0.295. The molecule has 0 amide bonds. The first kappa shape index (κ1) is 6.68. The van der Waals surface area contributed by atoms with E-state index in [4.69, 9.17) is 0 Å². The zero-order valence-corrected chi connectivity index (χ0v) is 6.49. The van der Waals surface area contributed by atoms with Gasteiger partial charge in [0.25, 0.3) is 0 Å². The van der Waals surface area contributed by atoms with E-state index in [9.17, 15) is 5.11 Å². The van der Waals surface area contributed by atoms with Gasteiger partial charge in [0.2, 0.25) is 0 Å². The van der Waals surface area contributed by atoms with Crippen molar-refractivity contribution in [2.45, 2.75) is 6.10 Å². The van der Waals surface area contributed by atoms with Gasteiger partial charge in [0, 0.05) is 24.8 Å². The van der Waals surface area contributed by atoms with Crippen LogP contribution >= 0.6 is 0 Å². The first-order valence-corrected chi connectivity index (χ1v) is 3.77. The molecule has 0 saturated heterocycles. The van der Waals surface area contributed by atoms with Gasteiger partial charge in [0.15, 0.2) is 0 Å². The second-order valence-corrected chi connectivity index (χ2v) is 2.96. The Morgan fingerprint density at radius 2 is 2.18 bits per heavy atom. The summed E-state index contributed by atoms with van der Waals surface area (Å²) >= 11 is 0. The average Bonchev–Trinajstić information content (AvgIpc) is 2.30. The predicted molar refractivity (Wildman–Crippen MR) is 44.7 cm³/mol. The third kappa shape index (κ3) is 0.906. The Hall–Kier alpha value is -1.02. The van der Waals surface area contributed by atoms with Gasteiger partial charge in [-0.3, -0.25) is 0 Å². The Morgan fingerprint density at radius 3 is 2.91 bits per heavy atom. The zero-order chi connectivity index (χ0) is 7.84. The number of β-amino-alcohol motifs (C(OH)–C–C–N with tert-alkyl or cyclic N) is 1. The highest BCUT2D eigenvalue weighted by molar-refractivity contribution is 5.58. The lowest BCUT2D eigenvalue weighted by Crippen LogP contribution is -2.14. The first-order valence-electron chi connectivity index (χ1n) is 3.77. The molecule has 0 radical (unpaired) electrons. The monoisotopic (exact) mass is 149 g/mol. The molecule has 1 unspecified atom stereocenters. The highest BCUT2D eigenvalue weighted by Crippen LogP contribution is 2.32. The van der Waals surface area contributed by atoms with E-state index in [1.807, 2.05) is 31.3 Å². The van der Waals surface area contributed by atoms with Crippen LogP contribution in [0.25, 0.3) is 0 Å². The number of likely N-dealkylation sites (N-methyl/N-ethyl adjacent to an activating group) is 1. The van der Waals surface area contributed by atoms with Gasteiger partial charge in [-0.2, -0.15) is 0 Å². The van der Waals surface area contributed by atoms with Crippen LogP contribution in [0.3, 0.4) is 0 Å². The molecule has 2 rings (SSSR count). The lowest BCUT2D eigenvalue weighted by molar-refractivity contribution is 0.195. The molecule has 1 heterocycles. The van der Waals surface area contributed by atoms with Crippen molar-refractivity contribution in [3.05, 3.63) is 29.8 Å². The van der Waals surface area contributed by atoms with Crippen LogP contribution in [0, 0.1) is 0 Å². The smallest absolute Gasteiger partial charge is 0.0984 e. The van der Waals surface area contributed by atoms with Crippen molar-refractivity contribution in [2.24, 2.45) is 0 Å². The summed E-state index contributed by atoms with van der Waals surface area (Å²) in [4.78, 5) is 2.07. The van der Waals surface area contributed by atoms with Crippen LogP contribution in [0.15, 0.2) is 24.3 Å². The number of fused-ring (bicyclic) bond motifs is 1. The molecule has 1 aliphatic heterocycles. The molecule has 11 heavy (non-hydrogen) atoms. The van der Waals surface area contributed by atoms with Crippen molar-refractivity contribution in [2.75, 3.05) is 18.5 Å². The lowest BCUT2D eigenvalue weighted by Gasteiger charge is -2.10. The van der Waals surface area contributed by atoms with Gasteiger partial charge in [-0.1, -0.05) is 18.2 Å². The predicted octanol–water partition coefficient (Wildman–Crippen LogP) is 1.17. The fourth-order valence-corrected chi connectivity index (χ4v) is 1.57. The number of hydrogen-bond donors (Lipinski definition) is 1. The molecule has 0 bridgehead atoms. The number of rotatable bonds is 0. The van der Waals surface area contributed by atoms with E-state index < -0.39 is 0 Å². The molecule has 2 nitrogen and oxygen atoms in total. The van der Waals surface area contributed by atoms with Crippen LogP contribution < -0.4 is 4.90 Å². The van der Waals surface area contributed by atoms with Crippen molar-refractivity contribution in [3.8, 4) is 0 Å². The van der Waals surface area contributed by atoms with Gasteiger partial charge >= 0.3 is 0 Å². The molecule has 0 aliphatic carbocycles. The Morgan fingerprint density at radius 1 is 1.45 bits per heavy atom. The van der Waals surface area contributed by atoms with Crippen LogP contribution in [0.1, 0.15) is 11.7 Å². The topological polar surface area (TPSA) is 23.5 Å². The van der Waals surface area contributed by atoms with Crippen LogP contribution in [-0.2, 0) is 0 Å². The Bertz CT molecular complexity index is 245. The van der Waals surface area contributed by atoms with E-state index in [1.165, 1.54) is 0 Å². The minimum absolute atomic E-state index is 0.295. The first-order chi connectivity index (χ1) is 5.29. The molecule has 1 N–H and O–H groups in total. The molecule has 2 heteroatoms. The highest BCUT2D eigenvalue weighted by atomic mass is 16.3. The third-order valence-corrected chi connectivity index (χ3v) is 2.15. The molecular weight excluding hydrogens is 138 g/mol. The highest BCUT2D eigenvalue weighted by Gasteiger charge is 2.22. The maximum Gasteiger partial charge on any atom is 0.0984 e. The fraction of sp³-hybridized carbons (Fsp3) is 0.333. The summed E-state index contributed by atoms with van der Waals surface area (Å²) in [7, 11) is 2.00. The molecule has 0 aromatic heterocycles. The molecule has 1 atom stereocenters. The van der Waals surface area contributed by atoms with Gasteiger partial charge in [-0.05, 0) is 6.07 Å². The van der Waals surface area contributed by atoms with Crippen molar-refractivity contribution in [3.63, 3.8) is 0 Å². The van der Waals surface area contributed by atoms with Crippen LogP contribution in [-0.4, -0.2) is 18.7 Å². The summed E-state index contributed by atoms with van der Waals surface area (Å²) in [5.41, 5.74) is 2.20. The van der Waals surface area contributed by atoms with Crippen LogP contribution in [0.2, 0.25) is 0 Å². The van der Waals surface area contributed by atoms with Gasteiger partial charge in [0.1, 0.15) is 0 Å². The number of benzene rings is 1. The maximum atomic E-state index is 9.51. The summed E-state index contributed by atoms with van der Waals surface area (Å²) < 4.78 is 0. The minimum Gasteiger partial charge on any atom is -0.386 e. The number of anilines is 1. The largest absolute Gasteiger partial charge is 0.386 e. The number of nitrogens with zero attached hydrogens (tertiary/aromatic N) is 1. The number of hydrogen-bond acceptors (Lipinski definition) is 2. The van der Waals surface area contributed by atoms with Crippen LogP contribution in [0.4, 0.5) is 5.69 Å². The van der Waals surface area contributed by atoms with Crippen molar-refractivity contribution in [1.82, 2.24) is 0 Å². The van der Waals surface area contributed by atoms with E-state index in [-0.39, 0.29) is 6.10 Å². The maximum absolute atomic E-state index is 9.51. The Balaban J connectivity index is 2.52. The molecule has 1 aliphatic rings. The van der Waals surface area contributed by atoms with E-state index in [0.717, 1.165) is 17.8 Å². The fourth-order valence-electron chi connectivity index (χ4n) is 1.57. The van der Waals surface area contributed by atoms with Gasteiger partial charge in [0.05, 0.1) is 6.10 Å². The lowest BCUT2D eigenvalue weighted by atomic mass is 10.1. The molecule has 58 valence electrons. The van der Waals surface area contributed by atoms with Gasteiger partial charge in [-0.15, -0.1) is 0 Å². The molecule has 0 spiro atoms. The molecule has 1 aromatic rings. The third-order valence-electron chi connectivity index (χ3n) is 2.15. The Labute approximate surface area is 66.1 Å². The number of aliphatic hydroxyl groups is 1. The molecule has 1 aromatic carbocycles. The van der Waals surface area contributed by atoms with Crippen molar-refractivity contribution >= 4 is 5.69 Å². The van der Waals surface area contributed by atoms with E-state index in [2.05, 4.69) is 4.90 Å². The van der Waals surface area contributed by atoms with Crippen molar-refractivity contribution in [1.29, 1.82) is 0 Å². The summed E-state index contributed by atoms with van der Waals surface area (Å²) in [5, 5.41) is 9.51. The summed E-state index contributed by atoms with van der Waals surface area (Å²) in [5.74, 6) is 0. The Kier molecular flexibility index (Phi) is 1.36. The van der Waals surface area contributed by atoms with Gasteiger partial charge < -0.3 is 10.0 Å². The molecule has 0 fully saturated rings. The average molecular weight is 149 g/mol. The van der Waals surface area contributed by atoms with Crippen molar-refractivity contribution < 1.29 is 5.11 Å². The quantitative estimate of drug-likeness (QED) is 0.598. The normalized spacial score (nSPS) is 22.0. The second kappa shape index (κ2) is 2.24. The zero-order valence-electron chi connectivity index (χ0n) is 6.49. The number of aliphatic hydroxyl groups excluding tert-OH is 1. The SMILES string of the molecule is CN1CC(O)c2ccccc21. The van der Waals surface area contributed by atoms with Crippen LogP contribution in [0.5, 0.6) is 0 Å².